The Kier molecular flexibility index (Phi) is 2.96. The van der Waals surface area contributed by atoms with Crippen LogP contribution in [0.15, 0.2) is 24.3 Å². The molecule has 0 amide bonds. The predicted octanol–water partition coefficient (Wildman–Crippen LogP) is 3.69. The topological polar surface area (TPSA) is 12.0 Å². The third-order valence-electron chi connectivity index (χ3n) is 4.93. The second-order valence-electron chi connectivity index (χ2n) is 6.02. The van der Waals surface area contributed by atoms with Crippen molar-refractivity contribution in [1.29, 1.82) is 0 Å². The second-order valence-corrected chi connectivity index (χ2v) is 6.02. The summed E-state index contributed by atoms with van der Waals surface area (Å²) in [7, 11) is 2.12. The Morgan fingerprint density at radius 3 is 2.71 bits per heavy atom. The van der Waals surface area contributed by atoms with Crippen molar-refractivity contribution < 1.29 is 0 Å². The summed E-state index contributed by atoms with van der Waals surface area (Å²) in [6.07, 6.45) is 5.91. The molecule has 0 saturated heterocycles. The van der Waals surface area contributed by atoms with Gasteiger partial charge in [0.15, 0.2) is 0 Å². The molecular weight excluding hydrogens is 206 g/mol. The van der Waals surface area contributed by atoms with Gasteiger partial charge in [-0.05, 0) is 56.6 Å². The highest BCUT2D eigenvalue weighted by molar-refractivity contribution is 5.26. The van der Waals surface area contributed by atoms with Crippen molar-refractivity contribution in [2.45, 2.75) is 38.6 Å². The molecule has 17 heavy (non-hydrogen) atoms. The van der Waals surface area contributed by atoms with E-state index < -0.39 is 0 Å². The molecule has 1 N–H and O–H groups in total. The summed E-state index contributed by atoms with van der Waals surface area (Å²) < 4.78 is 0. The van der Waals surface area contributed by atoms with E-state index in [0.29, 0.717) is 6.04 Å². The van der Waals surface area contributed by atoms with Crippen LogP contribution in [0.1, 0.15) is 42.9 Å². The molecule has 4 atom stereocenters. The van der Waals surface area contributed by atoms with E-state index in [0.717, 1.165) is 17.8 Å². The molecule has 4 unspecified atom stereocenters. The van der Waals surface area contributed by atoms with Crippen molar-refractivity contribution in [3.05, 3.63) is 35.4 Å². The SMILES string of the molecule is CNC(c1cccc(C)c1)C1CC2CCC1C2. The van der Waals surface area contributed by atoms with Crippen molar-refractivity contribution in [1.82, 2.24) is 5.32 Å². The van der Waals surface area contributed by atoms with Crippen molar-refractivity contribution >= 4 is 0 Å². The fourth-order valence-electron chi connectivity index (χ4n) is 4.19. The highest BCUT2D eigenvalue weighted by Crippen LogP contribution is 2.52. The number of rotatable bonds is 3. The Hall–Kier alpha value is -0.820. The molecule has 2 aliphatic carbocycles. The normalized spacial score (nSPS) is 32.9. The van der Waals surface area contributed by atoms with Gasteiger partial charge in [-0.2, -0.15) is 0 Å². The minimum absolute atomic E-state index is 0.574. The largest absolute Gasteiger partial charge is 0.313 e. The fraction of sp³-hybridized carbons (Fsp3) is 0.625. The molecule has 2 aliphatic rings. The van der Waals surface area contributed by atoms with Gasteiger partial charge in [-0.15, -0.1) is 0 Å². The molecule has 2 saturated carbocycles. The highest BCUT2D eigenvalue weighted by atomic mass is 14.9. The van der Waals surface area contributed by atoms with Crippen molar-refractivity contribution in [2.75, 3.05) is 7.05 Å². The van der Waals surface area contributed by atoms with E-state index in [1.165, 1.54) is 36.8 Å². The Labute approximate surface area is 105 Å². The van der Waals surface area contributed by atoms with E-state index in [4.69, 9.17) is 0 Å². The van der Waals surface area contributed by atoms with Gasteiger partial charge in [0.25, 0.3) is 0 Å². The molecule has 92 valence electrons. The Morgan fingerprint density at radius 1 is 1.24 bits per heavy atom. The molecule has 1 aromatic carbocycles. The summed E-state index contributed by atoms with van der Waals surface area (Å²) in [4.78, 5) is 0. The Bertz CT molecular complexity index is 398. The van der Waals surface area contributed by atoms with Crippen LogP contribution in [-0.2, 0) is 0 Å². The van der Waals surface area contributed by atoms with Gasteiger partial charge in [-0.25, -0.2) is 0 Å². The fourth-order valence-corrected chi connectivity index (χ4v) is 4.19. The molecule has 2 bridgehead atoms. The van der Waals surface area contributed by atoms with Crippen LogP contribution in [0.5, 0.6) is 0 Å². The minimum atomic E-state index is 0.574. The third kappa shape index (κ3) is 2.01. The van der Waals surface area contributed by atoms with Crippen LogP contribution in [0.4, 0.5) is 0 Å². The third-order valence-corrected chi connectivity index (χ3v) is 4.93. The lowest BCUT2D eigenvalue weighted by molar-refractivity contribution is 0.259. The number of nitrogens with one attached hydrogen (secondary N) is 1. The first-order valence-electron chi connectivity index (χ1n) is 7.01. The summed E-state index contributed by atoms with van der Waals surface area (Å²) in [6.45, 7) is 2.19. The van der Waals surface area contributed by atoms with Crippen LogP contribution >= 0.6 is 0 Å². The van der Waals surface area contributed by atoms with E-state index in [9.17, 15) is 0 Å². The molecule has 1 heteroatoms. The lowest BCUT2D eigenvalue weighted by atomic mass is 9.80. The average Bonchev–Trinajstić information content (AvgIpc) is 2.92. The van der Waals surface area contributed by atoms with E-state index in [2.05, 4.69) is 43.6 Å². The monoisotopic (exact) mass is 229 g/mol. The van der Waals surface area contributed by atoms with Crippen LogP contribution in [-0.4, -0.2) is 7.05 Å². The first-order valence-corrected chi connectivity index (χ1v) is 7.01. The molecule has 0 aromatic heterocycles. The van der Waals surface area contributed by atoms with E-state index in [1.807, 2.05) is 0 Å². The quantitative estimate of drug-likeness (QED) is 0.833. The zero-order chi connectivity index (χ0) is 11.8. The van der Waals surface area contributed by atoms with Gasteiger partial charge in [-0.1, -0.05) is 36.2 Å². The maximum absolute atomic E-state index is 3.57. The summed E-state index contributed by atoms with van der Waals surface area (Å²) in [5.74, 6) is 2.89. The molecule has 0 aliphatic heterocycles. The second kappa shape index (κ2) is 4.45. The first kappa shape index (κ1) is 11.3. The van der Waals surface area contributed by atoms with Gasteiger partial charge in [0, 0.05) is 6.04 Å². The van der Waals surface area contributed by atoms with Gasteiger partial charge >= 0.3 is 0 Å². The smallest absolute Gasteiger partial charge is 0.0349 e. The lowest BCUT2D eigenvalue weighted by Crippen LogP contribution is -2.29. The van der Waals surface area contributed by atoms with E-state index in [-0.39, 0.29) is 0 Å². The molecule has 0 spiro atoms. The van der Waals surface area contributed by atoms with Gasteiger partial charge in [0.05, 0.1) is 0 Å². The Morgan fingerprint density at radius 2 is 2.12 bits per heavy atom. The number of fused-ring (bicyclic) bond motifs is 2. The van der Waals surface area contributed by atoms with Gasteiger partial charge in [-0.3, -0.25) is 0 Å². The number of benzene rings is 1. The van der Waals surface area contributed by atoms with E-state index in [1.54, 1.807) is 0 Å². The standard InChI is InChI=1S/C16H23N/c1-11-4-3-5-14(8-11)16(17-2)15-10-12-6-7-13(15)9-12/h3-5,8,12-13,15-17H,6-7,9-10H2,1-2H3. The minimum Gasteiger partial charge on any atom is -0.313 e. The molecule has 0 heterocycles. The van der Waals surface area contributed by atoms with Crippen LogP contribution < -0.4 is 5.32 Å². The molecule has 0 radical (unpaired) electrons. The average molecular weight is 229 g/mol. The van der Waals surface area contributed by atoms with Crippen molar-refractivity contribution in [3.63, 3.8) is 0 Å². The molecule has 2 fully saturated rings. The molecule has 1 nitrogen and oxygen atoms in total. The zero-order valence-corrected chi connectivity index (χ0v) is 10.9. The summed E-state index contributed by atoms with van der Waals surface area (Å²) in [6, 6.07) is 9.61. The first-order chi connectivity index (χ1) is 8.28. The highest BCUT2D eigenvalue weighted by Gasteiger charge is 2.42. The van der Waals surface area contributed by atoms with Crippen LogP contribution in [0.3, 0.4) is 0 Å². The van der Waals surface area contributed by atoms with E-state index >= 15 is 0 Å². The van der Waals surface area contributed by atoms with Crippen molar-refractivity contribution in [2.24, 2.45) is 17.8 Å². The van der Waals surface area contributed by atoms with Crippen LogP contribution in [0.25, 0.3) is 0 Å². The van der Waals surface area contributed by atoms with Gasteiger partial charge < -0.3 is 5.32 Å². The Balaban J connectivity index is 1.84. The molecule has 3 rings (SSSR count). The summed E-state index contributed by atoms with van der Waals surface area (Å²) >= 11 is 0. The maximum atomic E-state index is 3.57. The van der Waals surface area contributed by atoms with Crippen LogP contribution in [0.2, 0.25) is 0 Å². The summed E-state index contributed by atoms with van der Waals surface area (Å²) in [5, 5.41) is 3.57. The number of aryl methyl sites for hydroxylation is 1. The van der Waals surface area contributed by atoms with Crippen molar-refractivity contribution in [3.8, 4) is 0 Å². The lowest BCUT2D eigenvalue weighted by Gasteiger charge is -2.31. The molecular formula is C16H23N. The van der Waals surface area contributed by atoms with Gasteiger partial charge in [0.1, 0.15) is 0 Å². The summed E-state index contributed by atoms with van der Waals surface area (Å²) in [5.41, 5.74) is 2.87. The predicted molar refractivity (Wildman–Crippen MR) is 71.9 cm³/mol. The molecule has 1 aromatic rings. The number of hydrogen-bond donors (Lipinski definition) is 1. The van der Waals surface area contributed by atoms with Crippen LogP contribution in [0, 0.1) is 24.7 Å². The zero-order valence-electron chi connectivity index (χ0n) is 10.9. The maximum Gasteiger partial charge on any atom is 0.0349 e. The van der Waals surface area contributed by atoms with Gasteiger partial charge in [0.2, 0.25) is 0 Å². The number of hydrogen-bond acceptors (Lipinski definition) is 1.